The maximum atomic E-state index is 12.4. The van der Waals surface area contributed by atoms with Crippen LogP contribution in [0.5, 0.6) is 0 Å². The average molecular weight is 466 g/mol. The van der Waals surface area contributed by atoms with E-state index in [1.165, 1.54) is 5.56 Å². The van der Waals surface area contributed by atoms with Crippen molar-refractivity contribution in [3.63, 3.8) is 0 Å². The van der Waals surface area contributed by atoms with Crippen molar-refractivity contribution < 1.29 is 9.53 Å². The largest absolute Gasteiger partial charge is 0.444 e. The molecule has 142 valence electrons. The lowest BCUT2D eigenvalue weighted by molar-refractivity contribution is 0.0227. The minimum atomic E-state index is -0.495. The highest BCUT2D eigenvalue weighted by Gasteiger charge is 2.30. The van der Waals surface area contributed by atoms with E-state index < -0.39 is 5.60 Å². The highest BCUT2D eigenvalue weighted by atomic mass is 79.9. The van der Waals surface area contributed by atoms with Gasteiger partial charge in [-0.25, -0.2) is 9.78 Å². The molecule has 0 fully saturated rings. The van der Waals surface area contributed by atoms with Gasteiger partial charge in [0, 0.05) is 21.5 Å². The molecule has 1 aromatic carbocycles. The summed E-state index contributed by atoms with van der Waals surface area (Å²) in [5.74, 6) is 0. The lowest BCUT2D eigenvalue weighted by Crippen LogP contribution is -2.39. The monoisotopic (exact) mass is 465 g/mol. The summed E-state index contributed by atoms with van der Waals surface area (Å²) in [6.07, 6.45) is 0.486. The molecule has 1 aliphatic rings. The summed E-state index contributed by atoms with van der Waals surface area (Å²) >= 11 is 6.77. The summed E-state index contributed by atoms with van der Waals surface area (Å²) in [5, 5.41) is 1.71. The van der Waals surface area contributed by atoms with Gasteiger partial charge in [0.2, 0.25) is 0 Å². The van der Waals surface area contributed by atoms with Crippen LogP contribution in [-0.2, 0) is 17.7 Å². The van der Waals surface area contributed by atoms with Gasteiger partial charge < -0.3 is 15.4 Å². The minimum absolute atomic E-state index is 0.273. The second-order valence-electron chi connectivity index (χ2n) is 7.50. The van der Waals surface area contributed by atoms with Crippen LogP contribution >= 0.6 is 38.6 Å². The van der Waals surface area contributed by atoms with E-state index in [0.29, 0.717) is 13.1 Å². The maximum absolute atomic E-state index is 12.4. The number of benzene rings is 1. The van der Waals surface area contributed by atoms with Crippen LogP contribution in [0.15, 0.2) is 22.7 Å². The van der Waals surface area contributed by atoms with Crippen molar-refractivity contribution in [2.75, 3.05) is 12.3 Å². The first-order valence-electron chi connectivity index (χ1n) is 8.66. The molecule has 0 saturated heterocycles. The third kappa shape index (κ3) is 3.58. The topological polar surface area (TPSA) is 68.5 Å². The number of nitrogen functional groups attached to an aromatic ring is 1. The number of nitrogens with two attached hydrogens (primary N) is 1. The fourth-order valence-electron chi connectivity index (χ4n) is 3.16. The summed E-state index contributed by atoms with van der Waals surface area (Å²) in [5.41, 5.74) is 9.09. The van der Waals surface area contributed by atoms with Crippen LogP contribution in [0.1, 0.15) is 31.2 Å². The number of halogens is 1. The molecule has 2 aromatic heterocycles. The fraction of sp³-hybridized carbons (Fsp3) is 0.368. The van der Waals surface area contributed by atoms with E-state index in [1.54, 1.807) is 27.6 Å². The molecule has 0 unspecified atom stereocenters. The predicted octanol–water partition coefficient (Wildman–Crippen LogP) is 5.66. The Balaban J connectivity index is 1.67. The number of carbonyl (C=O) groups excluding carboxylic acids is 1. The first-order valence-corrected chi connectivity index (χ1v) is 11.1. The fourth-order valence-corrected chi connectivity index (χ4v) is 6.03. The Bertz CT molecular complexity index is 1040. The van der Waals surface area contributed by atoms with Crippen LogP contribution in [0.2, 0.25) is 0 Å². The number of thiophene rings is 1. The van der Waals surface area contributed by atoms with Gasteiger partial charge in [-0.15, -0.1) is 22.7 Å². The van der Waals surface area contributed by atoms with E-state index in [9.17, 15) is 4.79 Å². The number of amides is 1. The Labute approximate surface area is 174 Å². The number of rotatable bonds is 1. The summed E-state index contributed by atoms with van der Waals surface area (Å²) < 4.78 is 7.63. The van der Waals surface area contributed by atoms with Crippen LogP contribution in [0.3, 0.4) is 0 Å². The predicted molar refractivity (Wildman–Crippen MR) is 115 cm³/mol. The number of hydrogen-bond acceptors (Lipinski definition) is 6. The highest BCUT2D eigenvalue weighted by molar-refractivity contribution is 9.10. The first kappa shape index (κ1) is 18.7. The van der Waals surface area contributed by atoms with Gasteiger partial charge in [-0.1, -0.05) is 6.07 Å². The molecule has 4 rings (SSSR count). The van der Waals surface area contributed by atoms with Gasteiger partial charge >= 0.3 is 6.09 Å². The summed E-state index contributed by atoms with van der Waals surface area (Å²) in [7, 11) is 0. The van der Waals surface area contributed by atoms with Crippen LogP contribution < -0.4 is 5.73 Å². The Morgan fingerprint density at radius 1 is 1.33 bits per heavy atom. The number of ether oxygens (including phenoxy) is 1. The Hall–Kier alpha value is -1.64. The normalized spacial score (nSPS) is 14.4. The van der Waals surface area contributed by atoms with Crippen molar-refractivity contribution in [1.82, 2.24) is 9.88 Å². The summed E-state index contributed by atoms with van der Waals surface area (Å²) in [6, 6.07) is 6.08. The molecule has 0 saturated carbocycles. The first-order chi connectivity index (χ1) is 12.7. The maximum Gasteiger partial charge on any atom is 0.410 e. The van der Waals surface area contributed by atoms with E-state index in [-0.39, 0.29) is 6.09 Å². The molecule has 5 nitrogen and oxygen atoms in total. The zero-order valence-electron chi connectivity index (χ0n) is 15.3. The van der Waals surface area contributed by atoms with Crippen LogP contribution in [0.4, 0.5) is 9.80 Å². The van der Waals surface area contributed by atoms with Crippen molar-refractivity contribution in [2.45, 2.75) is 39.3 Å². The number of thiazole rings is 1. The molecule has 0 atom stereocenters. The third-order valence-electron chi connectivity index (χ3n) is 4.32. The van der Waals surface area contributed by atoms with E-state index >= 15 is 0 Å². The van der Waals surface area contributed by atoms with Crippen LogP contribution in [-0.4, -0.2) is 28.1 Å². The Morgan fingerprint density at radius 2 is 2.11 bits per heavy atom. The molecule has 8 heteroatoms. The van der Waals surface area contributed by atoms with Gasteiger partial charge in [0.1, 0.15) is 10.6 Å². The van der Waals surface area contributed by atoms with Crippen molar-refractivity contribution >= 4 is 59.9 Å². The Morgan fingerprint density at radius 3 is 2.81 bits per heavy atom. The van der Waals surface area contributed by atoms with Crippen molar-refractivity contribution in [2.24, 2.45) is 0 Å². The number of carbonyl (C=O) groups is 1. The number of nitrogens with zero attached hydrogens (tertiary/aromatic N) is 2. The molecule has 0 aliphatic carbocycles. The molecular formula is C19H20BrN3O2S2. The molecule has 27 heavy (non-hydrogen) atoms. The number of aromatic nitrogens is 1. The molecular weight excluding hydrogens is 446 g/mol. The lowest BCUT2D eigenvalue weighted by Gasteiger charge is -2.30. The van der Waals surface area contributed by atoms with E-state index in [0.717, 1.165) is 41.6 Å². The lowest BCUT2D eigenvalue weighted by atomic mass is 10.0. The molecule has 0 spiro atoms. The average Bonchev–Trinajstić information content (AvgIpc) is 3.13. The second-order valence-corrected chi connectivity index (χ2v) is 10.5. The SMILES string of the molecule is CC(C)(C)OC(=O)N1CCc2c(sc(N)c2-c2nc3c(Br)cccc3s2)C1. The van der Waals surface area contributed by atoms with E-state index in [4.69, 9.17) is 15.5 Å². The van der Waals surface area contributed by atoms with Gasteiger partial charge in [0.25, 0.3) is 0 Å². The van der Waals surface area contributed by atoms with Gasteiger partial charge in [-0.05, 0) is 60.8 Å². The molecule has 0 bridgehead atoms. The van der Waals surface area contributed by atoms with E-state index in [1.807, 2.05) is 32.9 Å². The molecule has 1 aliphatic heterocycles. The molecule has 3 aromatic rings. The van der Waals surface area contributed by atoms with Crippen molar-refractivity contribution in [3.8, 4) is 10.6 Å². The molecule has 2 N–H and O–H groups in total. The van der Waals surface area contributed by atoms with E-state index in [2.05, 4.69) is 22.0 Å². The highest BCUT2D eigenvalue weighted by Crippen LogP contribution is 2.44. The molecule has 0 radical (unpaired) electrons. The number of para-hydroxylation sites is 1. The Kier molecular flexibility index (Phi) is 4.68. The summed E-state index contributed by atoms with van der Waals surface area (Å²) in [6.45, 7) is 6.81. The quantitative estimate of drug-likeness (QED) is 0.502. The third-order valence-corrected chi connectivity index (χ3v) is 7.04. The van der Waals surface area contributed by atoms with Gasteiger partial charge in [-0.3, -0.25) is 0 Å². The summed E-state index contributed by atoms with van der Waals surface area (Å²) in [4.78, 5) is 20.1. The number of fused-ring (bicyclic) bond motifs is 2. The van der Waals surface area contributed by atoms with Crippen molar-refractivity contribution in [3.05, 3.63) is 33.1 Å². The van der Waals surface area contributed by atoms with Gasteiger partial charge in [-0.2, -0.15) is 0 Å². The van der Waals surface area contributed by atoms with Gasteiger partial charge in [0.05, 0.1) is 21.8 Å². The minimum Gasteiger partial charge on any atom is -0.444 e. The zero-order chi connectivity index (χ0) is 19.3. The van der Waals surface area contributed by atoms with Crippen LogP contribution in [0.25, 0.3) is 20.8 Å². The number of hydrogen-bond donors (Lipinski definition) is 1. The molecule has 1 amide bonds. The van der Waals surface area contributed by atoms with Crippen molar-refractivity contribution in [1.29, 1.82) is 0 Å². The zero-order valence-corrected chi connectivity index (χ0v) is 18.6. The smallest absolute Gasteiger partial charge is 0.410 e. The second kappa shape index (κ2) is 6.76. The number of anilines is 1. The van der Waals surface area contributed by atoms with Gasteiger partial charge in [0.15, 0.2) is 0 Å². The molecule has 3 heterocycles. The standard InChI is InChI=1S/C19H20BrN3O2S2/c1-19(2,3)25-18(24)23-8-7-10-13(9-23)26-16(21)14(10)17-22-15-11(20)5-4-6-12(15)27-17/h4-6H,7-9,21H2,1-3H3. The van der Waals surface area contributed by atoms with Crippen LogP contribution in [0, 0.1) is 0 Å².